The topological polar surface area (TPSA) is 67.6 Å². The molecule has 3 rings (SSSR count). The molecule has 1 aromatic carbocycles. The molecule has 0 aromatic heterocycles. The highest BCUT2D eigenvalue weighted by Crippen LogP contribution is 2.26. The zero-order valence-electron chi connectivity index (χ0n) is 15.2. The standard InChI is InChI=1S/C19H29N3O2.2ClH/c20-19(7-2-1-3-8-19)18(23)21-14-16-5-4-6-17(13-16)15-22-9-11-24-12-10-22;;/h4-6,13H,1-3,7-12,14-15,20H2,(H,21,23);2*1H. The molecule has 0 bridgehead atoms. The first-order chi connectivity index (χ1) is 11.7. The van der Waals surface area contributed by atoms with Gasteiger partial charge in [-0.25, -0.2) is 0 Å². The lowest BCUT2D eigenvalue weighted by Crippen LogP contribution is -2.54. The minimum absolute atomic E-state index is 0. The molecule has 148 valence electrons. The van der Waals surface area contributed by atoms with Crippen molar-refractivity contribution < 1.29 is 9.53 Å². The number of amides is 1. The molecule has 1 amide bonds. The molecular formula is C19H31Cl2N3O2. The summed E-state index contributed by atoms with van der Waals surface area (Å²) in [5.41, 5.74) is 8.04. The van der Waals surface area contributed by atoms with Crippen molar-refractivity contribution in [1.82, 2.24) is 10.2 Å². The van der Waals surface area contributed by atoms with Crippen LogP contribution in [-0.2, 0) is 22.6 Å². The average molecular weight is 404 g/mol. The number of ether oxygens (including phenoxy) is 1. The quantitative estimate of drug-likeness (QED) is 0.792. The van der Waals surface area contributed by atoms with Crippen LogP contribution in [0.4, 0.5) is 0 Å². The van der Waals surface area contributed by atoms with E-state index in [9.17, 15) is 4.79 Å². The second-order valence-corrected chi connectivity index (χ2v) is 7.11. The van der Waals surface area contributed by atoms with Gasteiger partial charge in [0, 0.05) is 26.2 Å². The van der Waals surface area contributed by atoms with Crippen LogP contribution >= 0.6 is 24.8 Å². The zero-order valence-corrected chi connectivity index (χ0v) is 16.9. The molecule has 7 heteroatoms. The van der Waals surface area contributed by atoms with Crippen LogP contribution in [0.15, 0.2) is 24.3 Å². The summed E-state index contributed by atoms with van der Waals surface area (Å²) in [6.45, 7) is 5.08. The van der Waals surface area contributed by atoms with Gasteiger partial charge < -0.3 is 15.8 Å². The summed E-state index contributed by atoms with van der Waals surface area (Å²) in [6.07, 6.45) is 4.90. The Morgan fingerprint density at radius 1 is 1.12 bits per heavy atom. The lowest BCUT2D eigenvalue weighted by Gasteiger charge is -2.31. The van der Waals surface area contributed by atoms with Crippen molar-refractivity contribution in [3.05, 3.63) is 35.4 Å². The number of nitrogens with one attached hydrogen (secondary N) is 1. The molecule has 5 nitrogen and oxygen atoms in total. The van der Waals surface area contributed by atoms with Gasteiger partial charge in [-0.05, 0) is 24.0 Å². The fourth-order valence-electron chi connectivity index (χ4n) is 3.62. The normalized spacial score (nSPS) is 19.7. The van der Waals surface area contributed by atoms with Crippen molar-refractivity contribution in [2.75, 3.05) is 26.3 Å². The van der Waals surface area contributed by atoms with Gasteiger partial charge in [-0.15, -0.1) is 24.8 Å². The largest absolute Gasteiger partial charge is 0.379 e. The van der Waals surface area contributed by atoms with Crippen LogP contribution in [0.1, 0.15) is 43.2 Å². The molecule has 2 fully saturated rings. The molecule has 2 aliphatic rings. The van der Waals surface area contributed by atoms with Crippen molar-refractivity contribution in [2.45, 2.75) is 50.7 Å². The molecule has 1 heterocycles. The van der Waals surface area contributed by atoms with Gasteiger partial charge in [0.15, 0.2) is 0 Å². The SMILES string of the molecule is Cl.Cl.NC1(C(=O)NCc2cccc(CN3CCOCC3)c2)CCCCC1. The summed E-state index contributed by atoms with van der Waals surface area (Å²) in [6, 6.07) is 8.45. The van der Waals surface area contributed by atoms with Crippen molar-refractivity contribution in [1.29, 1.82) is 0 Å². The number of benzene rings is 1. The minimum atomic E-state index is -0.663. The van der Waals surface area contributed by atoms with E-state index in [1.165, 1.54) is 12.0 Å². The highest BCUT2D eigenvalue weighted by Gasteiger charge is 2.34. The maximum atomic E-state index is 12.4. The molecule has 0 radical (unpaired) electrons. The third-order valence-electron chi connectivity index (χ3n) is 5.15. The molecule has 0 unspecified atom stereocenters. The number of nitrogens with two attached hydrogens (primary N) is 1. The summed E-state index contributed by atoms with van der Waals surface area (Å²) >= 11 is 0. The van der Waals surface area contributed by atoms with Crippen LogP contribution in [0.5, 0.6) is 0 Å². The van der Waals surface area contributed by atoms with E-state index in [4.69, 9.17) is 10.5 Å². The minimum Gasteiger partial charge on any atom is -0.379 e. The summed E-state index contributed by atoms with van der Waals surface area (Å²) in [5, 5.41) is 3.04. The summed E-state index contributed by atoms with van der Waals surface area (Å²) in [7, 11) is 0. The molecule has 0 atom stereocenters. The third kappa shape index (κ3) is 6.39. The number of hydrogen-bond acceptors (Lipinski definition) is 4. The Balaban J connectivity index is 0.00000169. The first kappa shape index (κ1) is 23.2. The molecule has 1 aromatic rings. The van der Waals surface area contributed by atoms with E-state index in [2.05, 4.69) is 34.5 Å². The molecule has 0 spiro atoms. The first-order valence-corrected chi connectivity index (χ1v) is 9.11. The van der Waals surface area contributed by atoms with Gasteiger partial charge in [-0.1, -0.05) is 43.5 Å². The van der Waals surface area contributed by atoms with E-state index < -0.39 is 5.54 Å². The monoisotopic (exact) mass is 403 g/mol. The molecule has 1 aliphatic carbocycles. The van der Waals surface area contributed by atoms with E-state index in [1.54, 1.807) is 0 Å². The third-order valence-corrected chi connectivity index (χ3v) is 5.15. The van der Waals surface area contributed by atoms with Crippen molar-refractivity contribution in [2.24, 2.45) is 5.73 Å². The maximum absolute atomic E-state index is 12.4. The van der Waals surface area contributed by atoms with Crippen LogP contribution < -0.4 is 11.1 Å². The Labute approximate surface area is 168 Å². The number of rotatable bonds is 5. The van der Waals surface area contributed by atoms with Gasteiger partial charge in [0.1, 0.15) is 0 Å². The second-order valence-electron chi connectivity index (χ2n) is 7.11. The first-order valence-electron chi connectivity index (χ1n) is 9.11. The predicted octanol–water partition coefficient (Wildman–Crippen LogP) is 2.64. The van der Waals surface area contributed by atoms with Gasteiger partial charge in [-0.2, -0.15) is 0 Å². The number of halogens is 2. The molecule has 3 N–H and O–H groups in total. The fourth-order valence-corrected chi connectivity index (χ4v) is 3.62. The van der Waals surface area contributed by atoms with E-state index >= 15 is 0 Å². The van der Waals surface area contributed by atoms with Crippen LogP contribution in [0.3, 0.4) is 0 Å². The van der Waals surface area contributed by atoms with Gasteiger partial charge in [0.2, 0.25) is 5.91 Å². The van der Waals surface area contributed by atoms with Crippen LogP contribution in [0.2, 0.25) is 0 Å². The molecule has 1 saturated heterocycles. The zero-order chi connectivity index (χ0) is 16.8. The number of carbonyl (C=O) groups excluding carboxylic acids is 1. The van der Waals surface area contributed by atoms with Gasteiger partial charge in [0.05, 0.1) is 18.8 Å². The number of hydrogen-bond donors (Lipinski definition) is 2. The lowest BCUT2D eigenvalue weighted by atomic mass is 9.82. The smallest absolute Gasteiger partial charge is 0.240 e. The van der Waals surface area contributed by atoms with E-state index in [-0.39, 0.29) is 30.7 Å². The molecule has 26 heavy (non-hydrogen) atoms. The van der Waals surface area contributed by atoms with Crippen molar-refractivity contribution in [3.63, 3.8) is 0 Å². The molecule has 1 saturated carbocycles. The number of morpholine rings is 1. The van der Waals surface area contributed by atoms with Gasteiger partial charge >= 0.3 is 0 Å². The molecule has 1 aliphatic heterocycles. The Morgan fingerprint density at radius 3 is 2.46 bits per heavy atom. The van der Waals surface area contributed by atoms with Gasteiger partial charge in [0.25, 0.3) is 0 Å². The average Bonchev–Trinajstić information content (AvgIpc) is 2.61. The highest BCUT2D eigenvalue weighted by atomic mass is 35.5. The fraction of sp³-hybridized carbons (Fsp3) is 0.632. The Kier molecular flexibility index (Phi) is 9.90. The molecular weight excluding hydrogens is 373 g/mol. The highest BCUT2D eigenvalue weighted by molar-refractivity contribution is 5.86. The number of carbonyl (C=O) groups is 1. The summed E-state index contributed by atoms with van der Waals surface area (Å²) in [5.74, 6) is 0.000724. The maximum Gasteiger partial charge on any atom is 0.240 e. The second kappa shape index (κ2) is 11.1. The van der Waals surface area contributed by atoms with E-state index in [0.29, 0.717) is 6.54 Å². The van der Waals surface area contributed by atoms with Crippen LogP contribution in [0.25, 0.3) is 0 Å². The van der Waals surface area contributed by atoms with Gasteiger partial charge in [-0.3, -0.25) is 9.69 Å². The Hall–Kier alpha value is -0.850. The summed E-state index contributed by atoms with van der Waals surface area (Å²) in [4.78, 5) is 14.8. The number of nitrogens with zero attached hydrogens (tertiary/aromatic N) is 1. The summed E-state index contributed by atoms with van der Waals surface area (Å²) < 4.78 is 5.39. The van der Waals surface area contributed by atoms with Crippen LogP contribution in [0, 0.1) is 0 Å². The Morgan fingerprint density at radius 2 is 1.77 bits per heavy atom. The predicted molar refractivity (Wildman–Crippen MR) is 109 cm³/mol. The Bertz CT molecular complexity index is 559. The lowest BCUT2D eigenvalue weighted by molar-refractivity contribution is -0.127. The van der Waals surface area contributed by atoms with Crippen molar-refractivity contribution >= 4 is 30.7 Å². The van der Waals surface area contributed by atoms with Crippen LogP contribution in [-0.4, -0.2) is 42.6 Å². The van der Waals surface area contributed by atoms with E-state index in [1.807, 2.05) is 0 Å². The van der Waals surface area contributed by atoms with E-state index in [0.717, 1.165) is 64.1 Å². The van der Waals surface area contributed by atoms with Crippen molar-refractivity contribution in [3.8, 4) is 0 Å².